The van der Waals surface area contributed by atoms with E-state index in [0.717, 1.165) is 5.56 Å². The van der Waals surface area contributed by atoms with E-state index < -0.39 is 0 Å². The van der Waals surface area contributed by atoms with Crippen molar-refractivity contribution in [3.05, 3.63) is 23.8 Å². The van der Waals surface area contributed by atoms with Gasteiger partial charge in [0, 0.05) is 6.54 Å². The molecule has 0 aliphatic rings. The zero-order valence-electron chi connectivity index (χ0n) is 11.2. The number of ether oxygens (including phenoxy) is 2. The van der Waals surface area contributed by atoms with Crippen molar-refractivity contribution in [3.63, 3.8) is 0 Å². The molecule has 19 heavy (non-hydrogen) atoms. The summed E-state index contributed by atoms with van der Waals surface area (Å²) in [6.45, 7) is 0.488. The van der Waals surface area contributed by atoms with Crippen molar-refractivity contribution < 1.29 is 14.3 Å². The Hall–Kier alpha value is -2.24. The molecule has 0 fully saturated rings. The zero-order valence-corrected chi connectivity index (χ0v) is 11.2. The molecule has 0 aliphatic heterocycles. The number of carbonyl (C=O) groups excluding carboxylic acids is 1. The molecule has 1 aromatic rings. The number of rotatable bonds is 7. The second kappa shape index (κ2) is 7.25. The lowest BCUT2D eigenvalue weighted by Gasteiger charge is -2.10. The number of methoxy groups -OCH3 is 2. The van der Waals surface area contributed by atoms with Crippen molar-refractivity contribution in [2.45, 2.75) is 12.8 Å². The van der Waals surface area contributed by atoms with Crippen molar-refractivity contribution >= 4 is 11.7 Å². The molecular formula is C13H19N3O3. The van der Waals surface area contributed by atoms with Crippen LogP contribution in [0, 0.1) is 5.41 Å². The quantitative estimate of drug-likeness (QED) is 0.499. The number of amidine groups is 1. The molecule has 0 aliphatic carbocycles. The summed E-state index contributed by atoms with van der Waals surface area (Å²) in [5.41, 5.74) is 6.17. The van der Waals surface area contributed by atoms with Crippen LogP contribution in [0.2, 0.25) is 0 Å². The molecule has 1 aromatic carbocycles. The van der Waals surface area contributed by atoms with E-state index in [1.807, 2.05) is 18.2 Å². The Morgan fingerprint density at radius 2 is 2.00 bits per heavy atom. The molecule has 0 spiro atoms. The lowest BCUT2D eigenvalue weighted by molar-refractivity contribution is -0.119. The Kier molecular flexibility index (Phi) is 5.66. The van der Waals surface area contributed by atoms with Crippen LogP contribution in [0.3, 0.4) is 0 Å². The molecule has 1 amide bonds. The van der Waals surface area contributed by atoms with Crippen LogP contribution >= 0.6 is 0 Å². The Morgan fingerprint density at radius 1 is 1.32 bits per heavy atom. The fraction of sp³-hybridized carbons (Fsp3) is 0.385. The van der Waals surface area contributed by atoms with Crippen molar-refractivity contribution in [1.29, 1.82) is 5.41 Å². The third-order valence-electron chi connectivity index (χ3n) is 2.53. The lowest BCUT2D eigenvalue weighted by atomic mass is 10.1. The van der Waals surface area contributed by atoms with Crippen LogP contribution in [0.5, 0.6) is 11.5 Å². The van der Waals surface area contributed by atoms with Gasteiger partial charge in [0.25, 0.3) is 0 Å². The average Bonchev–Trinajstić information content (AvgIpc) is 2.37. The van der Waals surface area contributed by atoms with Crippen LogP contribution in [0.25, 0.3) is 0 Å². The van der Waals surface area contributed by atoms with Gasteiger partial charge in [0.2, 0.25) is 5.91 Å². The minimum absolute atomic E-state index is 0.0636. The number of nitrogens with two attached hydrogens (primary N) is 1. The van der Waals surface area contributed by atoms with Crippen molar-refractivity contribution in [1.82, 2.24) is 5.32 Å². The largest absolute Gasteiger partial charge is 0.493 e. The Bertz CT molecular complexity index is 460. The fourth-order valence-electron chi connectivity index (χ4n) is 1.62. The number of carbonyl (C=O) groups is 1. The number of hydrogen-bond donors (Lipinski definition) is 3. The summed E-state index contributed by atoms with van der Waals surface area (Å²) in [7, 11) is 3.16. The standard InChI is InChI=1S/C13H19N3O3/c1-18-10-4-3-9(7-11(10)19-2)5-6-16-13(17)8-12(14)15/h3-4,7H,5-6,8H2,1-2H3,(H3,14,15)(H,16,17). The highest BCUT2D eigenvalue weighted by Gasteiger charge is 2.06. The van der Waals surface area contributed by atoms with Crippen LogP contribution in [-0.2, 0) is 11.2 Å². The van der Waals surface area contributed by atoms with Crippen LogP contribution in [0.15, 0.2) is 18.2 Å². The van der Waals surface area contributed by atoms with Crippen molar-refractivity contribution in [2.24, 2.45) is 5.73 Å². The first-order valence-electron chi connectivity index (χ1n) is 5.87. The minimum atomic E-state index is -0.243. The maximum absolute atomic E-state index is 11.3. The fourth-order valence-corrected chi connectivity index (χ4v) is 1.62. The Labute approximate surface area is 112 Å². The van der Waals surface area contributed by atoms with Gasteiger partial charge in [0.05, 0.1) is 26.5 Å². The summed E-state index contributed by atoms with van der Waals surface area (Å²) in [6, 6.07) is 5.61. The van der Waals surface area contributed by atoms with E-state index in [1.54, 1.807) is 14.2 Å². The van der Waals surface area contributed by atoms with E-state index in [2.05, 4.69) is 5.32 Å². The predicted molar refractivity (Wildman–Crippen MR) is 72.8 cm³/mol. The summed E-state index contributed by atoms with van der Waals surface area (Å²) >= 11 is 0. The molecule has 0 bridgehead atoms. The minimum Gasteiger partial charge on any atom is -0.493 e. The van der Waals surface area contributed by atoms with Gasteiger partial charge in [-0.3, -0.25) is 10.2 Å². The van der Waals surface area contributed by atoms with Gasteiger partial charge in [-0.2, -0.15) is 0 Å². The highest BCUT2D eigenvalue weighted by molar-refractivity contribution is 5.97. The topological polar surface area (TPSA) is 97.4 Å². The average molecular weight is 265 g/mol. The van der Waals surface area contributed by atoms with E-state index in [-0.39, 0.29) is 18.2 Å². The normalized spacial score (nSPS) is 9.79. The van der Waals surface area contributed by atoms with Gasteiger partial charge in [0.15, 0.2) is 11.5 Å². The summed E-state index contributed by atoms with van der Waals surface area (Å²) in [5.74, 6) is 0.957. The van der Waals surface area contributed by atoms with Gasteiger partial charge in [-0.05, 0) is 24.1 Å². The highest BCUT2D eigenvalue weighted by Crippen LogP contribution is 2.27. The van der Waals surface area contributed by atoms with Crippen LogP contribution < -0.4 is 20.5 Å². The molecule has 4 N–H and O–H groups in total. The molecule has 0 unspecified atom stereocenters. The molecule has 6 heteroatoms. The summed E-state index contributed by atoms with van der Waals surface area (Å²) in [4.78, 5) is 11.3. The zero-order chi connectivity index (χ0) is 14.3. The molecule has 104 valence electrons. The maximum Gasteiger partial charge on any atom is 0.227 e. The smallest absolute Gasteiger partial charge is 0.227 e. The van der Waals surface area contributed by atoms with Gasteiger partial charge in [-0.25, -0.2) is 0 Å². The molecule has 0 atom stereocenters. The maximum atomic E-state index is 11.3. The number of amides is 1. The second-order valence-corrected chi connectivity index (χ2v) is 3.99. The number of nitrogens with one attached hydrogen (secondary N) is 2. The molecule has 1 rings (SSSR count). The highest BCUT2D eigenvalue weighted by atomic mass is 16.5. The predicted octanol–water partition coefficient (Wildman–Crippen LogP) is 0.689. The summed E-state index contributed by atoms with van der Waals surface area (Å²) < 4.78 is 10.3. The third-order valence-corrected chi connectivity index (χ3v) is 2.53. The van der Waals surface area contributed by atoms with Crippen LogP contribution in [0.4, 0.5) is 0 Å². The first-order valence-corrected chi connectivity index (χ1v) is 5.87. The molecular weight excluding hydrogens is 246 g/mol. The Balaban J connectivity index is 2.49. The first-order chi connectivity index (χ1) is 9.06. The molecule has 0 radical (unpaired) electrons. The van der Waals surface area contributed by atoms with Crippen LogP contribution in [0.1, 0.15) is 12.0 Å². The molecule has 0 aromatic heterocycles. The van der Waals surface area contributed by atoms with E-state index in [1.165, 1.54) is 0 Å². The number of benzene rings is 1. The summed E-state index contributed by atoms with van der Waals surface area (Å²) in [5, 5.41) is 9.71. The molecule has 0 saturated carbocycles. The van der Waals surface area contributed by atoms with Gasteiger partial charge >= 0.3 is 0 Å². The number of hydrogen-bond acceptors (Lipinski definition) is 4. The second-order valence-electron chi connectivity index (χ2n) is 3.99. The first kappa shape index (κ1) is 14.8. The van der Waals surface area contributed by atoms with Gasteiger partial charge in [0.1, 0.15) is 0 Å². The van der Waals surface area contributed by atoms with Gasteiger partial charge in [-0.1, -0.05) is 6.07 Å². The third kappa shape index (κ3) is 4.87. The summed E-state index contributed by atoms with van der Waals surface area (Å²) in [6.07, 6.45) is 0.607. The SMILES string of the molecule is COc1ccc(CCNC(=O)CC(=N)N)cc1OC. The molecule has 6 nitrogen and oxygen atoms in total. The van der Waals surface area contributed by atoms with E-state index in [9.17, 15) is 4.79 Å². The van der Waals surface area contributed by atoms with Gasteiger partial charge < -0.3 is 20.5 Å². The Morgan fingerprint density at radius 3 is 2.58 bits per heavy atom. The monoisotopic (exact) mass is 265 g/mol. The van der Waals surface area contributed by atoms with E-state index in [0.29, 0.717) is 24.5 Å². The van der Waals surface area contributed by atoms with Crippen molar-refractivity contribution in [2.75, 3.05) is 20.8 Å². The van der Waals surface area contributed by atoms with Crippen LogP contribution in [-0.4, -0.2) is 32.5 Å². The van der Waals surface area contributed by atoms with Crippen molar-refractivity contribution in [3.8, 4) is 11.5 Å². The van der Waals surface area contributed by atoms with E-state index >= 15 is 0 Å². The molecule has 0 saturated heterocycles. The van der Waals surface area contributed by atoms with E-state index in [4.69, 9.17) is 20.6 Å². The lowest BCUT2D eigenvalue weighted by Crippen LogP contribution is -2.29. The van der Waals surface area contributed by atoms with Gasteiger partial charge in [-0.15, -0.1) is 0 Å². The molecule has 0 heterocycles.